The van der Waals surface area contributed by atoms with Crippen LogP contribution in [0.15, 0.2) is 79.4 Å². The number of allylic oxidation sites excluding steroid dienone is 1. The molecule has 0 radical (unpaired) electrons. The van der Waals surface area contributed by atoms with E-state index >= 15 is 0 Å². The van der Waals surface area contributed by atoms with Gasteiger partial charge in [0, 0.05) is 11.6 Å². The van der Waals surface area contributed by atoms with Crippen molar-refractivity contribution in [2.24, 2.45) is 5.92 Å². The van der Waals surface area contributed by atoms with E-state index in [0.717, 1.165) is 58.9 Å². The van der Waals surface area contributed by atoms with Crippen molar-refractivity contribution in [2.75, 3.05) is 7.11 Å². The van der Waals surface area contributed by atoms with Crippen LogP contribution in [-0.2, 0) is 4.79 Å². The average Bonchev–Trinajstić information content (AvgIpc) is 3.23. The molecule has 0 spiro atoms. The first kappa shape index (κ1) is 22.6. The summed E-state index contributed by atoms with van der Waals surface area (Å²) >= 11 is 0. The van der Waals surface area contributed by atoms with Crippen LogP contribution < -0.4 is 9.47 Å². The fourth-order valence-corrected chi connectivity index (χ4v) is 4.58. The number of hydrogen-bond donors (Lipinski definition) is 1. The number of carbonyl (C=O) groups is 1. The molecule has 1 fully saturated rings. The summed E-state index contributed by atoms with van der Waals surface area (Å²) in [5.74, 6) is 0.366. The number of aromatic amines is 1. The van der Waals surface area contributed by atoms with Crippen LogP contribution in [-0.4, -0.2) is 23.3 Å². The van der Waals surface area contributed by atoms with Gasteiger partial charge in [-0.2, -0.15) is 4.39 Å². The minimum absolute atomic E-state index is 0.296. The lowest BCUT2D eigenvalue weighted by molar-refractivity contribution is -0.128. The maximum absolute atomic E-state index is 14.5. The van der Waals surface area contributed by atoms with Crippen molar-refractivity contribution in [1.82, 2.24) is 10.2 Å². The summed E-state index contributed by atoms with van der Waals surface area (Å²) in [5, 5.41) is 6.84. The second kappa shape index (κ2) is 9.58. The molecule has 6 heteroatoms. The van der Waals surface area contributed by atoms with Gasteiger partial charge < -0.3 is 9.47 Å². The summed E-state index contributed by atoms with van der Waals surface area (Å²) in [7, 11) is 1.65. The molecule has 176 valence electrons. The van der Waals surface area contributed by atoms with Crippen LogP contribution in [0.4, 0.5) is 4.39 Å². The van der Waals surface area contributed by atoms with Gasteiger partial charge in [-0.05, 0) is 71.4 Å². The minimum atomic E-state index is -0.556. The Kier molecular flexibility index (Phi) is 6.19. The maximum atomic E-state index is 14.5. The summed E-state index contributed by atoms with van der Waals surface area (Å²) in [4.78, 5) is 12.2. The number of methoxy groups -OCH3 is 1. The van der Waals surface area contributed by atoms with E-state index in [1.165, 1.54) is 0 Å². The number of halogens is 1. The number of nitrogens with zero attached hydrogens (tertiary/aromatic N) is 1. The summed E-state index contributed by atoms with van der Waals surface area (Å²) in [6.07, 6.45) is 4.34. The van der Waals surface area contributed by atoms with E-state index < -0.39 is 11.9 Å². The molecule has 0 bridgehead atoms. The van der Waals surface area contributed by atoms with Gasteiger partial charge in [0.25, 0.3) is 0 Å². The third-order valence-corrected chi connectivity index (χ3v) is 6.50. The van der Waals surface area contributed by atoms with Crippen LogP contribution in [0.1, 0.15) is 36.0 Å². The zero-order valence-corrected chi connectivity index (χ0v) is 19.4. The van der Waals surface area contributed by atoms with E-state index in [2.05, 4.69) is 22.8 Å². The Hall–Kier alpha value is -4.19. The lowest BCUT2D eigenvalue weighted by atomic mass is 9.73. The monoisotopic (exact) mass is 468 g/mol. The molecule has 0 atom stereocenters. The smallest absolute Gasteiger partial charge is 0.335 e. The molecule has 5 nitrogen and oxygen atoms in total. The average molecular weight is 469 g/mol. The van der Waals surface area contributed by atoms with Crippen LogP contribution in [0.5, 0.6) is 11.5 Å². The second-order valence-electron chi connectivity index (χ2n) is 8.54. The lowest BCUT2D eigenvalue weighted by Crippen LogP contribution is -2.16. The van der Waals surface area contributed by atoms with Crippen molar-refractivity contribution >= 4 is 28.0 Å². The highest BCUT2D eigenvalue weighted by molar-refractivity contribution is 6.03. The van der Waals surface area contributed by atoms with Crippen LogP contribution in [0.25, 0.3) is 22.0 Å². The maximum Gasteiger partial charge on any atom is 0.335 e. The van der Waals surface area contributed by atoms with Gasteiger partial charge in [-0.25, -0.2) is 4.79 Å². The molecule has 0 amide bonds. The van der Waals surface area contributed by atoms with Crippen LogP contribution in [0, 0.1) is 11.9 Å². The number of carbonyl (C=O) groups excluding carboxylic acids is 1. The first-order valence-electron chi connectivity index (χ1n) is 11.5. The van der Waals surface area contributed by atoms with Crippen molar-refractivity contribution in [2.45, 2.75) is 19.3 Å². The molecule has 1 N–H and O–H groups in total. The molecular weight excluding hydrogens is 443 g/mol. The molecule has 1 aliphatic carbocycles. The molecule has 3 aromatic carbocycles. The number of nitrogens with one attached hydrogen (secondary N) is 1. The minimum Gasteiger partial charge on any atom is -0.497 e. The number of ether oxygens (including phenoxy) is 2. The third kappa shape index (κ3) is 4.35. The standard InChI is InChI=1S/C29H25FN2O3/c1-3-26(33)35-25-13-5-4-12-22(25)28(20-14-15-24-23(17-20)29(30)32-31-24)27(18-8-6-9-18)19-10-7-11-21(16-19)34-2/h3-5,7,10-18H,1,6,8-9H2,2H3,(H,31,32)/b28-27-. The van der Waals surface area contributed by atoms with E-state index in [1.807, 2.05) is 48.5 Å². The molecule has 1 aliphatic rings. The van der Waals surface area contributed by atoms with Crippen molar-refractivity contribution in [1.29, 1.82) is 0 Å². The second-order valence-corrected chi connectivity index (χ2v) is 8.54. The fourth-order valence-electron chi connectivity index (χ4n) is 4.58. The zero-order valence-electron chi connectivity index (χ0n) is 19.4. The molecule has 4 aromatic rings. The number of benzene rings is 3. The first-order valence-corrected chi connectivity index (χ1v) is 11.5. The van der Waals surface area contributed by atoms with Crippen molar-refractivity contribution < 1.29 is 18.7 Å². The number of hydrogen-bond acceptors (Lipinski definition) is 4. The zero-order chi connectivity index (χ0) is 24.4. The number of para-hydroxylation sites is 1. The summed E-state index contributed by atoms with van der Waals surface area (Å²) < 4.78 is 25.7. The van der Waals surface area contributed by atoms with E-state index in [9.17, 15) is 9.18 Å². The van der Waals surface area contributed by atoms with Gasteiger partial charge >= 0.3 is 5.97 Å². The Labute approximate surface area is 202 Å². The predicted octanol–water partition coefficient (Wildman–Crippen LogP) is 6.56. The Bertz CT molecular complexity index is 1450. The van der Waals surface area contributed by atoms with Crippen molar-refractivity contribution in [3.63, 3.8) is 0 Å². The van der Waals surface area contributed by atoms with E-state index in [4.69, 9.17) is 9.47 Å². The molecule has 0 aliphatic heterocycles. The van der Waals surface area contributed by atoms with Crippen LogP contribution in [0.3, 0.4) is 0 Å². The van der Waals surface area contributed by atoms with Gasteiger partial charge in [0.05, 0.1) is 18.0 Å². The number of rotatable bonds is 7. The number of H-pyrrole nitrogens is 1. The first-order chi connectivity index (χ1) is 17.1. The van der Waals surface area contributed by atoms with E-state index in [1.54, 1.807) is 19.2 Å². The van der Waals surface area contributed by atoms with Gasteiger partial charge in [-0.1, -0.05) is 49.4 Å². The van der Waals surface area contributed by atoms with Crippen LogP contribution >= 0.6 is 0 Å². The molecule has 0 unspecified atom stereocenters. The van der Waals surface area contributed by atoms with E-state index in [0.29, 0.717) is 22.6 Å². The van der Waals surface area contributed by atoms with Crippen molar-refractivity contribution in [3.05, 3.63) is 102 Å². The van der Waals surface area contributed by atoms with Crippen LogP contribution in [0.2, 0.25) is 0 Å². The fraction of sp³-hybridized carbons (Fsp3) is 0.172. The summed E-state index contributed by atoms with van der Waals surface area (Å²) in [5.41, 5.74) is 5.18. The molecule has 0 saturated heterocycles. The van der Waals surface area contributed by atoms with Crippen molar-refractivity contribution in [3.8, 4) is 11.5 Å². The Balaban J connectivity index is 1.84. The largest absolute Gasteiger partial charge is 0.497 e. The van der Waals surface area contributed by atoms with E-state index in [-0.39, 0.29) is 0 Å². The Morgan fingerprint density at radius 3 is 2.66 bits per heavy atom. The summed E-state index contributed by atoms with van der Waals surface area (Å²) in [6, 6.07) is 20.9. The third-order valence-electron chi connectivity index (χ3n) is 6.50. The highest BCUT2D eigenvalue weighted by Crippen LogP contribution is 2.47. The number of fused-ring (bicyclic) bond motifs is 1. The Morgan fingerprint density at radius 2 is 1.91 bits per heavy atom. The highest BCUT2D eigenvalue weighted by Gasteiger charge is 2.29. The molecule has 35 heavy (non-hydrogen) atoms. The molecule has 1 saturated carbocycles. The molecule has 1 heterocycles. The van der Waals surface area contributed by atoms with Gasteiger partial charge in [0.2, 0.25) is 5.95 Å². The Morgan fingerprint density at radius 1 is 1.09 bits per heavy atom. The van der Waals surface area contributed by atoms with Gasteiger partial charge in [-0.3, -0.25) is 5.10 Å². The highest BCUT2D eigenvalue weighted by atomic mass is 19.1. The van der Waals surface area contributed by atoms with Gasteiger partial charge in [-0.15, -0.1) is 5.10 Å². The van der Waals surface area contributed by atoms with Gasteiger partial charge in [0.15, 0.2) is 0 Å². The normalized spacial score (nSPS) is 14.2. The number of aromatic nitrogens is 2. The summed E-state index contributed by atoms with van der Waals surface area (Å²) in [6.45, 7) is 3.53. The lowest BCUT2D eigenvalue weighted by Gasteiger charge is -2.32. The SMILES string of the molecule is C=CC(=O)Oc1ccccc1/C(=C(\c1cccc(OC)c1)C1CCC1)c1ccc2[nH]nc(F)c2c1. The molecule has 1 aromatic heterocycles. The predicted molar refractivity (Wildman–Crippen MR) is 135 cm³/mol. The molecular formula is C29H25FN2O3. The van der Waals surface area contributed by atoms with Gasteiger partial charge in [0.1, 0.15) is 11.5 Å². The molecule has 5 rings (SSSR count). The quantitative estimate of drug-likeness (QED) is 0.144. The number of esters is 1. The topological polar surface area (TPSA) is 64.2 Å².